The fourth-order valence-corrected chi connectivity index (χ4v) is 2.81. The first-order valence-corrected chi connectivity index (χ1v) is 7.65. The van der Waals surface area contributed by atoms with Crippen LogP contribution in [0.3, 0.4) is 0 Å². The summed E-state index contributed by atoms with van der Waals surface area (Å²) in [6.07, 6.45) is 0.316. The second kappa shape index (κ2) is 5.28. The lowest BCUT2D eigenvalue weighted by atomic mass is 10.3. The number of aliphatic hydroxyl groups is 1. The molecule has 1 aromatic heterocycles. The number of aromatic nitrogens is 2. The molecule has 6 nitrogen and oxygen atoms in total. The summed E-state index contributed by atoms with van der Waals surface area (Å²) < 4.78 is 29.9. The highest BCUT2D eigenvalue weighted by atomic mass is 32.2. The van der Waals surface area contributed by atoms with Gasteiger partial charge in [-0.05, 0) is 12.1 Å². The Labute approximate surface area is 111 Å². The van der Waals surface area contributed by atoms with Gasteiger partial charge in [-0.1, -0.05) is 12.1 Å². The summed E-state index contributed by atoms with van der Waals surface area (Å²) >= 11 is 0. The van der Waals surface area contributed by atoms with Crippen molar-refractivity contribution in [1.29, 1.82) is 0 Å². The van der Waals surface area contributed by atoms with Gasteiger partial charge in [0.15, 0.2) is 0 Å². The average molecular weight is 284 g/mol. The van der Waals surface area contributed by atoms with E-state index in [-0.39, 0.29) is 18.3 Å². The number of hydrogen-bond acceptors (Lipinski definition) is 5. The summed E-state index contributed by atoms with van der Waals surface area (Å²) in [7, 11) is -1.98. The van der Waals surface area contributed by atoms with E-state index < -0.39 is 15.9 Å². The van der Waals surface area contributed by atoms with Crippen LogP contribution in [0.2, 0.25) is 0 Å². The van der Waals surface area contributed by atoms with Gasteiger partial charge < -0.3 is 14.4 Å². The lowest BCUT2D eigenvalue weighted by Gasteiger charge is -2.13. The minimum Gasteiger partial charge on any atom is -0.389 e. The first-order valence-electron chi connectivity index (χ1n) is 5.76. The van der Waals surface area contributed by atoms with E-state index in [9.17, 15) is 13.5 Å². The van der Waals surface area contributed by atoms with Crippen LogP contribution in [-0.2, 0) is 21.1 Å². The van der Waals surface area contributed by atoms with Crippen LogP contribution < -0.4 is 0 Å². The number of ether oxygens (including phenoxy) is 1. The van der Waals surface area contributed by atoms with E-state index in [1.807, 2.05) is 0 Å². The second-order valence-corrected chi connectivity index (χ2v) is 6.28. The number of fused-ring (bicyclic) bond motifs is 1. The van der Waals surface area contributed by atoms with Crippen molar-refractivity contribution in [2.45, 2.75) is 17.8 Å². The Hall–Kier alpha value is -1.44. The molecular formula is C12H16N2O4S. The van der Waals surface area contributed by atoms with Crippen molar-refractivity contribution in [2.75, 3.05) is 20.0 Å². The molecule has 104 valence electrons. The fraction of sp³-hybridized carbons (Fsp3) is 0.417. The molecule has 0 spiro atoms. The van der Waals surface area contributed by atoms with Crippen LogP contribution in [0.4, 0.5) is 0 Å². The average Bonchev–Trinajstić information content (AvgIpc) is 2.69. The molecule has 0 saturated heterocycles. The highest BCUT2D eigenvalue weighted by molar-refractivity contribution is 7.90. The first kappa shape index (κ1) is 14.0. The quantitative estimate of drug-likeness (QED) is 0.862. The lowest BCUT2D eigenvalue weighted by Crippen LogP contribution is -2.23. The summed E-state index contributed by atoms with van der Waals surface area (Å²) in [5.74, 6) is 0. The Balaban J connectivity index is 2.55. The van der Waals surface area contributed by atoms with E-state index in [0.29, 0.717) is 11.0 Å². The Morgan fingerprint density at radius 2 is 2.11 bits per heavy atom. The zero-order chi connectivity index (χ0) is 14.0. The zero-order valence-electron chi connectivity index (χ0n) is 10.8. The molecule has 0 aliphatic rings. The molecule has 0 saturated carbocycles. The number of sulfone groups is 1. The summed E-state index contributed by atoms with van der Waals surface area (Å²) in [6, 6.07) is 7.10. The lowest BCUT2D eigenvalue weighted by molar-refractivity contribution is 0.0528. The van der Waals surface area contributed by atoms with Crippen LogP contribution >= 0.6 is 0 Å². The van der Waals surface area contributed by atoms with Crippen molar-refractivity contribution in [3.05, 3.63) is 24.3 Å². The molecule has 7 heteroatoms. The fourth-order valence-electron chi connectivity index (χ4n) is 1.97. The van der Waals surface area contributed by atoms with Crippen molar-refractivity contribution in [1.82, 2.24) is 9.55 Å². The number of hydrogen-bond donors (Lipinski definition) is 1. The number of methoxy groups -OCH3 is 1. The van der Waals surface area contributed by atoms with E-state index in [2.05, 4.69) is 4.98 Å². The zero-order valence-corrected chi connectivity index (χ0v) is 11.6. The van der Waals surface area contributed by atoms with Crippen LogP contribution in [0.15, 0.2) is 29.4 Å². The Kier molecular flexibility index (Phi) is 3.88. The van der Waals surface area contributed by atoms with Gasteiger partial charge in [0, 0.05) is 13.4 Å². The Morgan fingerprint density at radius 1 is 1.42 bits per heavy atom. The normalized spacial score (nSPS) is 13.8. The van der Waals surface area contributed by atoms with Gasteiger partial charge in [0.1, 0.15) is 0 Å². The van der Waals surface area contributed by atoms with Gasteiger partial charge in [0.25, 0.3) is 0 Å². The van der Waals surface area contributed by atoms with Crippen molar-refractivity contribution < 1.29 is 18.3 Å². The molecule has 0 bridgehead atoms. The maximum atomic E-state index is 11.8. The molecule has 19 heavy (non-hydrogen) atoms. The van der Waals surface area contributed by atoms with E-state index in [4.69, 9.17) is 4.74 Å². The third-order valence-electron chi connectivity index (χ3n) is 2.70. The van der Waals surface area contributed by atoms with Gasteiger partial charge in [0.2, 0.25) is 15.0 Å². The van der Waals surface area contributed by atoms with Gasteiger partial charge in [-0.25, -0.2) is 13.4 Å². The molecule has 0 aliphatic heterocycles. The molecule has 0 radical (unpaired) electrons. The minimum atomic E-state index is -3.46. The van der Waals surface area contributed by atoms with E-state index >= 15 is 0 Å². The van der Waals surface area contributed by atoms with Crippen LogP contribution in [0, 0.1) is 0 Å². The molecular weight excluding hydrogens is 268 g/mol. The number of para-hydroxylation sites is 2. The van der Waals surface area contributed by atoms with Crippen molar-refractivity contribution >= 4 is 20.9 Å². The largest absolute Gasteiger partial charge is 0.389 e. The first-order chi connectivity index (χ1) is 8.93. The second-order valence-electron chi connectivity index (χ2n) is 4.38. The SMILES string of the molecule is COCC(O)Cn1c(S(C)(=O)=O)nc2ccccc21. The summed E-state index contributed by atoms with van der Waals surface area (Å²) in [4.78, 5) is 4.12. The van der Waals surface area contributed by atoms with E-state index in [1.54, 1.807) is 24.3 Å². The predicted molar refractivity (Wildman–Crippen MR) is 70.7 cm³/mol. The third-order valence-corrected chi connectivity index (χ3v) is 3.68. The number of benzene rings is 1. The number of aliphatic hydroxyl groups excluding tert-OH is 1. The highest BCUT2D eigenvalue weighted by Gasteiger charge is 2.20. The van der Waals surface area contributed by atoms with Crippen molar-refractivity contribution in [3.8, 4) is 0 Å². The number of imidazole rings is 1. The molecule has 0 aliphatic carbocycles. The minimum absolute atomic E-state index is 0.0381. The number of nitrogens with zero attached hydrogens (tertiary/aromatic N) is 2. The number of rotatable bonds is 5. The van der Waals surface area contributed by atoms with Crippen molar-refractivity contribution in [3.63, 3.8) is 0 Å². The smallest absolute Gasteiger partial charge is 0.228 e. The molecule has 2 aromatic rings. The molecule has 1 unspecified atom stereocenters. The molecule has 2 rings (SSSR count). The molecule has 1 atom stereocenters. The monoisotopic (exact) mass is 284 g/mol. The Bertz CT molecular complexity index is 678. The highest BCUT2D eigenvalue weighted by Crippen LogP contribution is 2.19. The maximum Gasteiger partial charge on any atom is 0.228 e. The maximum absolute atomic E-state index is 11.8. The predicted octanol–water partition coefficient (Wildman–Crippen LogP) is 0.447. The molecule has 0 fully saturated rings. The third kappa shape index (κ3) is 2.94. The van der Waals surface area contributed by atoms with Crippen LogP contribution in [0.25, 0.3) is 11.0 Å². The van der Waals surface area contributed by atoms with Crippen LogP contribution in [0.1, 0.15) is 0 Å². The molecule has 1 heterocycles. The van der Waals surface area contributed by atoms with Crippen LogP contribution in [0.5, 0.6) is 0 Å². The summed E-state index contributed by atoms with van der Waals surface area (Å²) in [6.45, 7) is 0.256. The van der Waals surface area contributed by atoms with Gasteiger partial charge in [0.05, 0.1) is 30.3 Å². The standard InChI is InChI=1S/C12H16N2O4S/c1-18-8-9(15)7-14-11-6-4-3-5-10(11)13-12(14)19(2,16)17/h3-6,9,15H,7-8H2,1-2H3. The van der Waals surface area contributed by atoms with Gasteiger partial charge in [-0.2, -0.15) is 0 Å². The van der Waals surface area contributed by atoms with Crippen LogP contribution in [-0.4, -0.2) is 49.2 Å². The van der Waals surface area contributed by atoms with E-state index in [1.165, 1.54) is 11.7 Å². The van der Waals surface area contributed by atoms with E-state index in [0.717, 1.165) is 6.26 Å². The topological polar surface area (TPSA) is 81.4 Å². The Morgan fingerprint density at radius 3 is 2.74 bits per heavy atom. The summed E-state index contributed by atoms with van der Waals surface area (Å²) in [5.41, 5.74) is 1.27. The summed E-state index contributed by atoms with van der Waals surface area (Å²) in [5, 5.41) is 9.76. The van der Waals surface area contributed by atoms with Gasteiger partial charge in [-0.3, -0.25) is 0 Å². The molecule has 1 N–H and O–H groups in total. The molecule has 0 amide bonds. The van der Waals surface area contributed by atoms with Crippen molar-refractivity contribution in [2.24, 2.45) is 0 Å². The van der Waals surface area contributed by atoms with Gasteiger partial charge in [-0.15, -0.1) is 0 Å². The molecule has 1 aromatic carbocycles. The van der Waals surface area contributed by atoms with Gasteiger partial charge >= 0.3 is 0 Å².